The largest absolute Gasteiger partial charge is 0.327 e. The maximum absolute atomic E-state index is 6.07. The van der Waals surface area contributed by atoms with Gasteiger partial charge < -0.3 is 5.73 Å². The lowest BCUT2D eigenvalue weighted by Crippen LogP contribution is -2.51. The third-order valence-electron chi connectivity index (χ3n) is 4.53. The third kappa shape index (κ3) is 1.81. The first-order valence-electron chi connectivity index (χ1n) is 6.58. The quantitative estimate of drug-likeness (QED) is 0.688. The minimum Gasteiger partial charge on any atom is -0.327 e. The molecule has 2 N–H and O–H groups in total. The molecule has 0 saturated carbocycles. The van der Waals surface area contributed by atoms with Gasteiger partial charge in [0.2, 0.25) is 0 Å². The summed E-state index contributed by atoms with van der Waals surface area (Å²) in [6.07, 6.45) is 6.77. The molecule has 3 unspecified atom stereocenters. The molecule has 3 nitrogen and oxygen atoms in total. The maximum atomic E-state index is 6.07. The molecule has 86 valence electrons. The number of hydrogen-bond donors (Lipinski definition) is 1. The summed E-state index contributed by atoms with van der Waals surface area (Å²) >= 11 is 0. The molecule has 3 atom stereocenters. The van der Waals surface area contributed by atoms with E-state index in [1.807, 2.05) is 0 Å². The van der Waals surface area contributed by atoms with E-state index >= 15 is 0 Å². The fraction of sp³-hybridized carbons (Fsp3) is 1.00. The smallest absolute Gasteiger partial charge is 0.0264 e. The summed E-state index contributed by atoms with van der Waals surface area (Å²) in [7, 11) is 0. The van der Waals surface area contributed by atoms with Crippen molar-refractivity contribution < 1.29 is 0 Å². The molecule has 3 heterocycles. The highest BCUT2D eigenvalue weighted by Crippen LogP contribution is 2.32. The fourth-order valence-electron chi connectivity index (χ4n) is 3.82. The predicted octanol–water partition coefficient (Wildman–Crippen LogP) is 0.646. The van der Waals surface area contributed by atoms with Gasteiger partial charge in [-0.3, -0.25) is 9.80 Å². The Hall–Kier alpha value is -0.120. The van der Waals surface area contributed by atoms with Gasteiger partial charge in [0.1, 0.15) is 0 Å². The number of nitrogens with zero attached hydrogens (tertiary/aromatic N) is 2. The molecule has 0 radical (unpaired) electrons. The third-order valence-corrected chi connectivity index (χ3v) is 4.53. The second-order valence-electron chi connectivity index (χ2n) is 5.50. The second-order valence-corrected chi connectivity index (χ2v) is 5.50. The van der Waals surface area contributed by atoms with Crippen molar-refractivity contribution in [3.05, 3.63) is 0 Å². The number of rotatable bonds is 1. The molecule has 3 fully saturated rings. The Bertz CT molecular complexity index is 231. The zero-order valence-corrected chi connectivity index (χ0v) is 9.57. The molecule has 15 heavy (non-hydrogen) atoms. The predicted molar refractivity (Wildman–Crippen MR) is 61.8 cm³/mol. The summed E-state index contributed by atoms with van der Waals surface area (Å²) in [4.78, 5) is 5.38. The van der Waals surface area contributed by atoms with Gasteiger partial charge in [0.15, 0.2) is 0 Å². The van der Waals surface area contributed by atoms with Gasteiger partial charge in [-0.25, -0.2) is 0 Å². The molecule has 3 heteroatoms. The van der Waals surface area contributed by atoms with Crippen molar-refractivity contribution >= 4 is 0 Å². The topological polar surface area (TPSA) is 32.5 Å². The van der Waals surface area contributed by atoms with E-state index in [0.717, 1.165) is 18.6 Å². The molecule has 0 aromatic carbocycles. The standard InChI is InChI=1S/C12H23N3/c13-10-3-1-7-15(9-10)12-5-8-14-6-2-4-11(12)14/h10-12H,1-9,13H2. The Kier molecular flexibility index (Phi) is 2.71. The summed E-state index contributed by atoms with van der Waals surface area (Å²) in [5.74, 6) is 0. The molecular weight excluding hydrogens is 186 g/mol. The minimum absolute atomic E-state index is 0.439. The van der Waals surface area contributed by atoms with Crippen molar-refractivity contribution in [3.63, 3.8) is 0 Å². The average molecular weight is 209 g/mol. The van der Waals surface area contributed by atoms with E-state index in [0.29, 0.717) is 6.04 Å². The Balaban J connectivity index is 1.66. The normalized spacial score (nSPS) is 43.4. The molecule has 3 rings (SSSR count). The van der Waals surface area contributed by atoms with Crippen LogP contribution in [0.4, 0.5) is 0 Å². The van der Waals surface area contributed by atoms with Crippen LogP contribution in [0, 0.1) is 0 Å². The van der Waals surface area contributed by atoms with E-state index in [2.05, 4.69) is 9.80 Å². The molecule has 0 spiro atoms. The molecule has 3 saturated heterocycles. The van der Waals surface area contributed by atoms with Crippen LogP contribution in [0.3, 0.4) is 0 Å². The van der Waals surface area contributed by atoms with E-state index in [1.165, 1.54) is 51.7 Å². The summed E-state index contributed by atoms with van der Waals surface area (Å²) < 4.78 is 0. The lowest BCUT2D eigenvalue weighted by Gasteiger charge is -2.37. The fourth-order valence-corrected chi connectivity index (χ4v) is 3.82. The summed E-state index contributed by atoms with van der Waals surface area (Å²) in [5.41, 5.74) is 6.07. The maximum Gasteiger partial charge on any atom is 0.0264 e. The van der Waals surface area contributed by atoms with Crippen LogP contribution in [0.2, 0.25) is 0 Å². The number of piperidine rings is 1. The molecule has 0 aromatic rings. The highest BCUT2D eigenvalue weighted by molar-refractivity contribution is 4.98. The van der Waals surface area contributed by atoms with Crippen molar-refractivity contribution in [1.29, 1.82) is 0 Å². The first kappa shape index (κ1) is 10.1. The summed E-state index contributed by atoms with van der Waals surface area (Å²) in [6, 6.07) is 2.14. The molecule has 0 aliphatic carbocycles. The van der Waals surface area contributed by atoms with Crippen molar-refractivity contribution in [2.45, 2.75) is 50.2 Å². The van der Waals surface area contributed by atoms with Crippen molar-refractivity contribution in [1.82, 2.24) is 9.80 Å². The number of fused-ring (bicyclic) bond motifs is 1. The van der Waals surface area contributed by atoms with Crippen molar-refractivity contribution in [2.75, 3.05) is 26.2 Å². The van der Waals surface area contributed by atoms with E-state index < -0.39 is 0 Å². The monoisotopic (exact) mass is 209 g/mol. The number of hydrogen-bond acceptors (Lipinski definition) is 3. The summed E-state index contributed by atoms with van der Waals surface area (Å²) in [5, 5.41) is 0. The van der Waals surface area contributed by atoms with Gasteiger partial charge >= 0.3 is 0 Å². The van der Waals surface area contributed by atoms with Crippen molar-refractivity contribution in [3.8, 4) is 0 Å². The first-order chi connectivity index (χ1) is 7.34. The van der Waals surface area contributed by atoms with Crippen LogP contribution in [0.1, 0.15) is 32.1 Å². The van der Waals surface area contributed by atoms with Gasteiger partial charge in [-0.2, -0.15) is 0 Å². The lowest BCUT2D eigenvalue weighted by molar-refractivity contribution is 0.124. The second kappa shape index (κ2) is 4.04. The highest BCUT2D eigenvalue weighted by atomic mass is 15.3. The van der Waals surface area contributed by atoms with Crippen molar-refractivity contribution in [2.24, 2.45) is 5.73 Å². The zero-order chi connectivity index (χ0) is 10.3. The lowest BCUT2D eigenvalue weighted by atomic mass is 9.99. The zero-order valence-electron chi connectivity index (χ0n) is 9.57. The van der Waals surface area contributed by atoms with Gasteiger partial charge in [-0.15, -0.1) is 0 Å². The van der Waals surface area contributed by atoms with Gasteiger partial charge in [-0.1, -0.05) is 0 Å². The molecular formula is C12H23N3. The highest BCUT2D eigenvalue weighted by Gasteiger charge is 2.40. The average Bonchev–Trinajstić information content (AvgIpc) is 2.77. The van der Waals surface area contributed by atoms with Crippen LogP contribution in [0.25, 0.3) is 0 Å². The molecule has 3 aliphatic rings. The number of nitrogens with two attached hydrogens (primary N) is 1. The van der Waals surface area contributed by atoms with Crippen LogP contribution in [-0.4, -0.2) is 54.1 Å². The van der Waals surface area contributed by atoms with Gasteiger partial charge in [-0.05, 0) is 45.2 Å². The van der Waals surface area contributed by atoms with E-state index in [4.69, 9.17) is 5.73 Å². The van der Waals surface area contributed by atoms with Gasteiger partial charge in [0, 0.05) is 31.2 Å². The van der Waals surface area contributed by atoms with Crippen LogP contribution in [0.5, 0.6) is 0 Å². The van der Waals surface area contributed by atoms with Gasteiger partial charge in [0.05, 0.1) is 0 Å². The van der Waals surface area contributed by atoms with E-state index in [-0.39, 0.29) is 0 Å². The number of likely N-dealkylation sites (tertiary alicyclic amines) is 1. The molecule has 0 bridgehead atoms. The molecule has 3 aliphatic heterocycles. The van der Waals surface area contributed by atoms with E-state index in [1.54, 1.807) is 0 Å². The van der Waals surface area contributed by atoms with Crippen LogP contribution in [0.15, 0.2) is 0 Å². The Morgan fingerprint density at radius 3 is 2.40 bits per heavy atom. The van der Waals surface area contributed by atoms with E-state index in [9.17, 15) is 0 Å². The van der Waals surface area contributed by atoms with Crippen LogP contribution >= 0.6 is 0 Å². The Morgan fingerprint density at radius 2 is 1.53 bits per heavy atom. The summed E-state index contributed by atoms with van der Waals surface area (Å²) in [6.45, 7) is 5.12. The Morgan fingerprint density at radius 1 is 0.800 bits per heavy atom. The van der Waals surface area contributed by atoms with Crippen LogP contribution in [-0.2, 0) is 0 Å². The van der Waals surface area contributed by atoms with Crippen LogP contribution < -0.4 is 5.73 Å². The molecule has 0 aromatic heterocycles. The first-order valence-corrected chi connectivity index (χ1v) is 6.58. The molecule has 0 amide bonds. The SMILES string of the molecule is NC1CCCN(C2CCN3CCCC23)C1. The van der Waals surface area contributed by atoms with Gasteiger partial charge in [0.25, 0.3) is 0 Å². The Labute approximate surface area is 92.6 Å². The minimum atomic E-state index is 0.439.